The summed E-state index contributed by atoms with van der Waals surface area (Å²) in [5, 5.41) is 25.5. The average molecular weight is 421 g/mol. The predicted octanol–water partition coefficient (Wildman–Crippen LogP) is 1.83. The first-order chi connectivity index (χ1) is 15.2. The molecule has 2 fully saturated rings. The van der Waals surface area contributed by atoms with Crippen LogP contribution in [0.15, 0.2) is 54.9 Å². The lowest BCUT2D eigenvalue weighted by Crippen LogP contribution is -2.42. The van der Waals surface area contributed by atoms with E-state index in [0.717, 1.165) is 54.2 Å². The molecule has 0 unspecified atom stereocenters. The van der Waals surface area contributed by atoms with E-state index in [0.29, 0.717) is 13.0 Å². The molecule has 0 radical (unpaired) electrons. The number of aromatic nitrogens is 2. The van der Waals surface area contributed by atoms with E-state index in [-0.39, 0.29) is 12.0 Å². The molecule has 2 aromatic heterocycles. The molecule has 3 aromatic rings. The zero-order valence-corrected chi connectivity index (χ0v) is 17.4. The molecule has 7 nitrogen and oxygen atoms in total. The van der Waals surface area contributed by atoms with Crippen LogP contribution < -0.4 is 10.2 Å². The van der Waals surface area contributed by atoms with Crippen LogP contribution in [0.3, 0.4) is 0 Å². The monoisotopic (exact) mass is 420 g/mol. The molecule has 1 aliphatic carbocycles. The number of aliphatic hydroxyl groups excluding tert-OH is 2. The van der Waals surface area contributed by atoms with Crippen LogP contribution in [0.1, 0.15) is 23.5 Å². The van der Waals surface area contributed by atoms with Crippen molar-refractivity contribution < 1.29 is 14.9 Å². The third-order valence-corrected chi connectivity index (χ3v) is 6.41. The SMILES string of the molecule is O[C@H]1[C@H](NCc2cnc3ccccc3c2)[C@@H](c2ccc(N3CCOCC3)nc2)C[C@H]1O. The number of aliphatic hydroxyl groups is 2. The number of fused-ring (bicyclic) bond motifs is 1. The number of nitrogens with one attached hydrogen (secondary N) is 1. The zero-order valence-electron chi connectivity index (χ0n) is 17.4. The summed E-state index contributed by atoms with van der Waals surface area (Å²) in [6.07, 6.45) is 2.68. The van der Waals surface area contributed by atoms with Crippen molar-refractivity contribution in [2.75, 3.05) is 31.2 Å². The number of rotatable bonds is 5. The van der Waals surface area contributed by atoms with Gasteiger partial charge in [0.25, 0.3) is 0 Å². The molecular formula is C24H28N4O3. The summed E-state index contributed by atoms with van der Waals surface area (Å²) in [5.41, 5.74) is 3.04. The molecule has 4 atom stereocenters. The number of hydrogen-bond acceptors (Lipinski definition) is 7. The van der Waals surface area contributed by atoms with Gasteiger partial charge in [-0.2, -0.15) is 0 Å². The molecule has 0 bridgehead atoms. The molecule has 1 aliphatic heterocycles. The van der Waals surface area contributed by atoms with Crippen LogP contribution in [0, 0.1) is 0 Å². The van der Waals surface area contributed by atoms with E-state index in [1.54, 1.807) is 0 Å². The Morgan fingerprint density at radius 1 is 1.03 bits per heavy atom. The van der Waals surface area contributed by atoms with Gasteiger partial charge in [0.1, 0.15) is 5.82 Å². The standard InChI is InChI=1S/C24H28N4O3/c29-21-12-19(18-5-6-22(26-15-18)28-7-9-31-10-8-28)23(24(21)30)27-14-16-11-17-3-1-2-4-20(17)25-13-16/h1-6,11,13,15,19,21,23-24,27,29-30H,7-10,12,14H2/t19-,21-,23-,24-/m1/s1. The summed E-state index contributed by atoms with van der Waals surface area (Å²) >= 11 is 0. The highest BCUT2D eigenvalue weighted by Crippen LogP contribution is 2.35. The van der Waals surface area contributed by atoms with Crippen molar-refractivity contribution >= 4 is 16.7 Å². The summed E-state index contributed by atoms with van der Waals surface area (Å²) in [7, 11) is 0. The number of para-hydroxylation sites is 1. The van der Waals surface area contributed by atoms with Crippen molar-refractivity contribution in [2.24, 2.45) is 0 Å². The molecule has 162 valence electrons. The van der Waals surface area contributed by atoms with E-state index >= 15 is 0 Å². The second-order valence-electron chi connectivity index (χ2n) is 8.39. The quantitative estimate of drug-likeness (QED) is 0.580. The smallest absolute Gasteiger partial charge is 0.128 e. The largest absolute Gasteiger partial charge is 0.390 e. The lowest BCUT2D eigenvalue weighted by Gasteiger charge is -2.28. The van der Waals surface area contributed by atoms with Gasteiger partial charge >= 0.3 is 0 Å². The summed E-state index contributed by atoms with van der Waals surface area (Å²) in [5.74, 6) is 0.933. The van der Waals surface area contributed by atoms with Crippen molar-refractivity contribution in [3.05, 3.63) is 66.0 Å². The Morgan fingerprint density at radius 2 is 1.87 bits per heavy atom. The van der Waals surface area contributed by atoms with Gasteiger partial charge < -0.3 is 25.2 Å². The highest BCUT2D eigenvalue weighted by Gasteiger charge is 2.42. The van der Waals surface area contributed by atoms with Gasteiger partial charge in [-0.1, -0.05) is 24.3 Å². The molecular weight excluding hydrogens is 392 g/mol. The number of anilines is 1. The van der Waals surface area contributed by atoms with Crippen molar-refractivity contribution in [1.29, 1.82) is 0 Å². The molecule has 1 saturated heterocycles. The lowest BCUT2D eigenvalue weighted by atomic mass is 9.94. The van der Waals surface area contributed by atoms with Gasteiger partial charge in [-0.25, -0.2) is 4.98 Å². The third kappa shape index (κ3) is 4.27. The van der Waals surface area contributed by atoms with Gasteiger partial charge in [-0.15, -0.1) is 0 Å². The van der Waals surface area contributed by atoms with E-state index < -0.39 is 12.2 Å². The molecule has 0 spiro atoms. The summed E-state index contributed by atoms with van der Waals surface area (Å²) < 4.78 is 5.41. The fourth-order valence-electron chi connectivity index (χ4n) is 4.68. The minimum absolute atomic E-state index is 0.00958. The minimum atomic E-state index is -0.822. The highest BCUT2D eigenvalue weighted by molar-refractivity contribution is 5.78. The summed E-state index contributed by atoms with van der Waals surface area (Å²) in [4.78, 5) is 11.4. The first kappa shape index (κ1) is 20.3. The van der Waals surface area contributed by atoms with Crippen molar-refractivity contribution in [2.45, 2.75) is 37.1 Å². The zero-order chi connectivity index (χ0) is 21.2. The predicted molar refractivity (Wildman–Crippen MR) is 119 cm³/mol. The molecule has 5 rings (SSSR count). The second kappa shape index (κ2) is 8.88. The van der Waals surface area contributed by atoms with Gasteiger partial charge in [-0.05, 0) is 35.7 Å². The van der Waals surface area contributed by atoms with Crippen LogP contribution in [0.2, 0.25) is 0 Å². The Kier molecular flexibility index (Phi) is 5.82. The first-order valence-corrected chi connectivity index (χ1v) is 10.9. The maximum Gasteiger partial charge on any atom is 0.128 e. The summed E-state index contributed by atoms with van der Waals surface area (Å²) in [6, 6.07) is 14.0. The number of benzene rings is 1. The molecule has 1 saturated carbocycles. The van der Waals surface area contributed by atoms with Crippen LogP contribution >= 0.6 is 0 Å². The van der Waals surface area contributed by atoms with E-state index in [9.17, 15) is 10.2 Å². The number of nitrogens with zero attached hydrogens (tertiary/aromatic N) is 3. The van der Waals surface area contributed by atoms with E-state index in [4.69, 9.17) is 4.74 Å². The van der Waals surface area contributed by atoms with Crippen LogP contribution in [0.25, 0.3) is 10.9 Å². The van der Waals surface area contributed by atoms with Gasteiger partial charge in [0.2, 0.25) is 0 Å². The van der Waals surface area contributed by atoms with Crippen LogP contribution in [0.5, 0.6) is 0 Å². The third-order valence-electron chi connectivity index (χ3n) is 6.41. The van der Waals surface area contributed by atoms with Crippen LogP contribution in [-0.4, -0.2) is 64.7 Å². The second-order valence-corrected chi connectivity index (χ2v) is 8.39. The number of morpholine rings is 1. The fraction of sp³-hybridized carbons (Fsp3) is 0.417. The van der Waals surface area contributed by atoms with Gasteiger partial charge in [0, 0.05) is 49.4 Å². The van der Waals surface area contributed by atoms with Gasteiger partial charge in [0.15, 0.2) is 0 Å². The number of pyridine rings is 2. The Morgan fingerprint density at radius 3 is 2.68 bits per heavy atom. The Hall–Kier alpha value is -2.58. The summed E-state index contributed by atoms with van der Waals surface area (Å²) in [6.45, 7) is 3.70. The molecule has 0 amide bonds. The van der Waals surface area contributed by atoms with Crippen molar-refractivity contribution in [3.63, 3.8) is 0 Å². The normalized spacial score (nSPS) is 26.5. The highest BCUT2D eigenvalue weighted by atomic mass is 16.5. The van der Waals surface area contributed by atoms with Crippen LogP contribution in [-0.2, 0) is 11.3 Å². The van der Waals surface area contributed by atoms with Gasteiger partial charge in [0.05, 0.1) is 30.9 Å². The van der Waals surface area contributed by atoms with Crippen LogP contribution in [0.4, 0.5) is 5.82 Å². The van der Waals surface area contributed by atoms with Gasteiger partial charge in [-0.3, -0.25) is 4.98 Å². The Balaban J connectivity index is 1.30. The molecule has 3 heterocycles. The lowest BCUT2D eigenvalue weighted by molar-refractivity contribution is 0.0297. The number of hydrogen-bond donors (Lipinski definition) is 3. The Labute approximate surface area is 181 Å². The molecule has 3 N–H and O–H groups in total. The fourth-order valence-corrected chi connectivity index (χ4v) is 4.68. The topological polar surface area (TPSA) is 90.7 Å². The van der Waals surface area contributed by atoms with E-state index in [2.05, 4.69) is 32.3 Å². The molecule has 2 aliphatic rings. The molecule has 31 heavy (non-hydrogen) atoms. The van der Waals surface area contributed by atoms with Crippen molar-refractivity contribution in [3.8, 4) is 0 Å². The minimum Gasteiger partial charge on any atom is -0.390 e. The Bertz CT molecular complexity index is 1020. The molecule has 7 heteroatoms. The first-order valence-electron chi connectivity index (χ1n) is 10.9. The van der Waals surface area contributed by atoms with Crippen molar-refractivity contribution in [1.82, 2.24) is 15.3 Å². The maximum absolute atomic E-state index is 10.6. The molecule has 1 aromatic carbocycles. The number of ether oxygens (including phenoxy) is 1. The average Bonchev–Trinajstić information content (AvgIpc) is 3.11. The van der Waals surface area contributed by atoms with E-state index in [1.807, 2.05) is 42.7 Å². The maximum atomic E-state index is 10.6. The van der Waals surface area contributed by atoms with E-state index in [1.165, 1.54) is 0 Å².